The number of carbonyl (C=O) groups excluding carboxylic acids is 1. The molecule has 7 nitrogen and oxygen atoms in total. The second-order valence-corrected chi connectivity index (χ2v) is 6.94. The van der Waals surface area contributed by atoms with Crippen LogP contribution in [0.25, 0.3) is 0 Å². The van der Waals surface area contributed by atoms with Crippen molar-refractivity contribution in [3.8, 4) is 5.75 Å². The first-order valence-electron chi connectivity index (χ1n) is 9.55. The molecule has 1 heterocycles. The third-order valence-corrected chi connectivity index (χ3v) is 4.90. The lowest BCUT2D eigenvalue weighted by molar-refractivity contribution is -0.130. The van der Waals surface area contributed by atoms with Gasteiger partial charge in [-0.25, -0.2) is 0 Å². The number of benzene rings is 1. The second kappa shape index (κ2) is 10.2. The Hall–Kier alpha value is -2.28. The van der Waals surface area contributed by atoms with Crippen LogP contribution in [0.15, 0.2) is 29.3 Å². The van der Waals surface area contributed by atoms with Gasteiger partial charge >= 0.3 is 0 Å². The molecular formula is C20H33N5O2. The van der Waals surface area contributed by atoms with Crippen molar-refractivity contribution in [2.75, 3.05) is 60.5 Å². The van der Waals surface area contributed by atoms with E-state index >= 15 is 0 Å². The van der Waals surface area contributed by atoms with Crippen molar-refractivity contribution in [3.05, 3.63) is 29.8 Å². The van der Waals surface area contributed by atoms with E-state index in [0.717, 1.165) is 44.4 Å². The molecule has 27 heavy (non-hydrogen) atoms. The molecule has 1 amide bonds. The van der Waals surface area contributed by atoms with E-state index in [2.05, 4.69) is 48.3 Å². The molecule has 7 heteroatoms. The molecule has 1 aromatic rings. The summed E-state index contributed by atoms with van der Waals surface area (Å²) < 4.78 is 5.26. The highest BCUT2D eigenvalue weighted by Crippen LogP contribution is 2.21. The number of likely N-dealkylation sites (N-methyl/N-ethyl adjacent to an activating group) is 1. The second-order valence-electron chi connectivity index (χ2n) is 6.94. The molecule has 1 N–H and O–H groups in total. The molecule has 1 aliphatic rings. The number of piperazine rings is 1. The van der Waals surface area contributed by atoms with Crippen LogP contribution >= 0.6 is 0 Å². The fraction of sp³-hybridized carbons (Fsp3) is 0.600. The lowest BCUT2D eigenvalue weighted by Gasteiger charge is -2.36. The first-order chi connectivity index (χ1) is 13.0. The van der Waals surface area contributed by atoms with Crippen LogP contribution < -0.4 is 10.1 Å². The Labute approximate surface area is 163 Å². The fourth-order valence-corrected chi connectivity index (χ4v) is 3.22. The monoisotopic (exact) mass is 375 g/mol. The summed E-state index contributed by atoms with van der Waals surface area (Å²) in [4.78, 5) is 22.8. The Balaban J connectivity index is 2.09. The van der Waals surface area contributed by atoms with E-state index in [1.807, 2.05) is 17.0 Å². The minimum Gasteiger partial charge on any atom is -0.497 e. The van der Waals surface area contributed by atoms with Crippen LogP contribution in [0.3, 0.4) is 0 Å². The summed E-state index contributed by atoms with van der Waals surface area (Å²) >= 11 is 0. The van der Waals surface area contributed by atoms with Crippen LogP contribution in [-0.4, -0.2) is 87.0 Å². The number of nitrogens with one attached hydrogen (secondary N) is 1. The Bertz CT molecular complexity index is 622. The molecule has 1 aromatic carbocycles. The standard InChI is InChI=1S/C20H33N5O2/c1-6-21-20(25-13-11-24(12-14-25)16(2)26)22-15-19(23(3)4)17-7-9-18(27-5)10-8-17/h7-10,19H,6,11-15H2,1-5H3,(H,21,22). The summed E-state index contributed by atoms with van der Waals surface area (Å²) in [5.74, 6) is 1.92. The van der Waals surface area contributed by atoms with Crippen molar-refractivity contribution < 1.29 is 9.53 Å². The summed E-state index contributed by atoms with van der Waals surface area (Å²) in [7, 11) is 5.82. The topological polar surface area (TPSA) is 60.4 Å². The van der Waals surface area contributed by atoms with Gasteiger partial charge in [-0.1, -0.05) is 12.1 Å². The Morgan fingerprint density at radius 3 is 2.26 bits per heavy atom. The number of ether oxygens (including phenoxy) is 1. The van der Waals surface area contributed by atoms with E-state index < -0.39 is 0 Å². The van der Waals surface area contributed by atoms with Gasteiger partial charge in [0.2, 0.25) is 5.91 Å². The highest BCUT2D eigenvalue weighted by Gasteiger charge is 2.21. The summed E-state index contributed by atoms with van der Waals surface area (Å²) in [6, 6.07) is 8.35. The van der Waals surface area contributed by atoms with Crippen molar-refractivity contribution in [2.24, 2.45) is 4.99 Å². The van der Waals surface area contributed by atoms with Crippen LogP contribution in [0.5, 0.6) is 5.75 Å². The summed E-state index contributed by atoms with van der Waals surface area (Å²) in [6.07, 6.45) is 0. The Kier molecular flexibility index (Phi) is 7.91. The number of hydrogen-bond acceptors (Lipinski definition) is 4. The van der Waals surface area contributed by atoms with Crippen molar-refractivity contribution in [3.63, 3.8) is 0 Å². The number of carbonyl (C=O) groups is 1. The zero-order valence-corrected chi connectivity index (χ0v) is 17.2. The van der Waals surface area contributed by atoms with Crippen molar-refractivity contribution in [2.45, 2.75) is 19.9 Å². The Morgan fingerprint density at radius 2 is 1.78 bits per heavy atom. The van der Waals surface area contributed by atoms with Crippen molar-refractivity contribution >= 4 is 11.9 Å². The molecule has 1 atom stereocenters. The van der Waals surface area contributed by atoms with Crippen LogP contribution in [0.1, 0.15) is 25.5 Å². The number of guanidine groups is 1. The molecule has 1 fully saturated rings. The molecule has 0 bridgehead atoms. The van der Waals surface area contributed by atoms with Gasteiger partial charge in [-0.05, 0) is 38.7 Å². The summed E-state index contributed by atoms with van der Waals surface area (Å²) in [5.41, 5.74) is 1.21. The fourth-order valence-electron chi connectivity index (χ4n) is 3.22. The van der Waals surface area contributed by atoms with Crippen LogP contribution in [-0.2, 0) is 4.79 Å². The minimum absolute atomic E-state index is 0.142. The van der Waals surface area contributed by atoms with Gasteiger partial charge in [-0.15, -0.1) is 0 Å². The molecule has 0 saturated carbocycles. The van der Waals surface area contributed by atoms with Gasteiger partial charge in [-0.2, -0.15) is 0 Å². The summed E-state index contributed by atoms with van der Waals surface area (Å²) in [5, 5.41) is 3.39. The molecule has 1 aliphatic heterocycles. The maximum absolute atomic E-state index is 11.5. The molecular weight excluding hydrogens is 342 g/mol. The molecule has 1 unspecified atom stereocenters. The number of methoxy groups -OCH3 is 1. The average Bonchev–Trinajstić information content (AvgIpc) is 2.67. The molecule has 2 rings (SSSR count). The van der Waals surface area contributed by atoms with Crippen molar-refractivity contribution in [1.82, 2.24) is 20.0 Å². The largest absolute Gasteiger partial charge is 0.497 e. The molecule has 1 saturated heterocycles. The van der Waals surface area contributed by atoms with E-state index in [1.54, 1.807) is 14.0 Å². The smallest absolute Gasteiger partial charge is 0.219 e. The minimum atomic E-state index is 0.142. The third-order valence-electron chi connectivity index (χ3n) is 4.90. The lowest BCUT2D eigenvalue weighted by atomic mass is 10.1. The van der Waals surface area contributed by atoms with E-state index in [9.17, 15) is 4.79 Å². The highest BCUT2D eigenvalue weighted by molar-refractivity contribution is 5.80. The third kappa shape index (κ3) is 5.85. The van der Waals surface area contributed by atoms with Crippen LogP contribution in [0, 0.1) is 0 Å². The average molecular weight is 376 g/mol. The van der Waals surface area contributed by atoms with Crippen LogP contribution in [0.4, 0.5) is 0 Å². The first-order valence-corrected chi connectivity index (χ1v) is 9.55. The SMILES string of the molecule is CCNC(=NCC(c1ccc(OC)cc1)N(C)C)N1CCN(C(C)=O)CC1. The Morgan fingerprint density at radius 1 is 1.19 bits per heavy atom. The number of rotatable bonds is 6. The predicted molar refractivity (Wildman–Crippen MR) is 109 cm³/mol. The van der Waals surface area contributed by atoms with E-state index in [-0.39, 0.29) is 11.9 Å². The zero-order chi connectivity index (χ0) is 19.8. The molecule has 0 radical (unpaired) electrons. The number of aliphatic imine (C=N–C) groups is 1. The summed E-state index contributed by atoms with van der Waals surface area (Å²) in [6.45, 7) is 8.29. The molecule has 0 spiro atoms. The number of amides is 1. The number of hydrogen-bond donors (Lipinski definition) is 1. The maximum Gasteiger partial charge on any atom is 0.219 e. The van der Waals surface area contributed by atoms with Gasteiger partial charge in [0.15, 0.2) is 5.96 Å². The van der Waals surface area contributed by atoms with Crippen molar-refractivity contribution in [1.29, 1.82) is 0 Å². The van der Waals surface area contributed by atoms with Crippen LogP contribution in [0.2, 0.25) is 0 Å². The zero-order valence-electron chi connectivity index (χ0n) is 17.2. The predicted octanol–water partition coefficient (Wildman–Crippen LogP) is 1.43. The van der Waals surface area contributed by atoms with E-state index in [0.29, 0.717) is 6.54 Å². The molecule has 0 aliphatic carbocycles. The number of nitrogens with zero attached hydrogens (tertiary/aromatic N) is 4. The van der Waals surface area contributed by atoms with Gasteiger partial charge in [0.25, 0.3) is 0 Å². The first kappa shape index (κ1) is 21.0. The molecule has 0 aromatic heterocycles. The van der Waals surface area contributed by atoms with Gasteiger partial charge in [0, 0.05) is 39.6 Å². The van der Waals surface area contributed by atoms with Gasteiger partial charge < -0.3 is 24.8 Å². The highest BCUT2D eigenvalue weighted by atomic mass is 16.5. The van der Waals surface area contributed by atoms with Gasteiger partial charge in [0.1, 0.15) is 5.75 Å². The molecule has 150 valence electrons. The van der Waals surface area contributed by atoms with E-state index in [4.69, 9.17) is 9.73 Å². The quantitative estimate of drug-likeness (QED) is 0.602. The van der Waals surface area contributed by atoms with E-state index in [1.165, 1.54) is 5.56 Å². The van der Waals surface area contributed by atoms with Gasteiger partial charge in [0.05, 0.1) is 19.7 Å². The van der Waals surface area contributed by atoms with Gasteiger partial charge in [-0.3, -0.25) is 9.79 Å². The normalized spacial score (nSPS) is 16.4. The maximum atomic E-state index is 11.5. The lowest BCUT2D eigenvalue weighted by Crippen LogP contribution is -2.53.